The SMILES string of the molecule is Cc1ccc(S(=O)(=O)N(C)C)cc1NC(=O)C(C)Oc1ccc(Br)cc1. The summed E-state index contributed by atoms with van der Waals surface area (Å²) in [6, 6.07) is 11.8. The van der Waals surface area contributed by atoms with Crippen molar-refractivity contribution in [3.63, 3.8) is 0 Å². The molecule has 1 N–H and O–H groups in total. The Hall–Kier alpha value is -1.90. The van der Waals surface area contributed by atoms with Gasteiger partial charge in [0, 0.05) is 24.3 Å². The summed E-state index contributed by atoms with van der Waals surface area (Å²) < 4.78 is 32.2. The molecule has 0 radical (unpaired) electrons. The van der Waals surface area contributed by atoms with Crippen LogP contribution in [0.1, 0.15) is 12.5 Å². The summed E-state index contributed by atoms with van der Waals surface area (Å²) in [5.41, 5.74) is 1.19. The predicted molar refractivity (Wildman–Crippen MR) is 105 cm³/mol. The van der Waals surface area contributed by atoms with Crippen LogP contribution in [0.2, 0.25) is 0 Å². The topological polar surface area (TPSA) is 75.7 Å². The molecule has 0 aliphatic carbocycles. The smallest absolute Gasteiger partial charge is 0.265 e. The highest BCUT2D eigenvalue weighted by Crippen LogP contribution is 2.23. The maximum atomic E-state index is 12.4. The lowest BCUT2D eigenvalue weighted by molar-refractivity contribution is -0.122. The molecular weight excluding hydrogens is 420 g/mol. The number of sulfonamides is 1. The number of carbonyl (C=O) groups is 1. The molecule has 0 saturated heterocycles. The average molecular weight is 441 g/mol. The number of aryl methyl sites for hydroxylation is 1. The fourth-order valence-electron chi connectivity index (χ4n) is 2.11. The first-order valence-electron chi connectivity index (χ1n) is 7.87. The van der Waals surface area contributed by atoms with Crippen molar-refractivity contribution in [2.45, 2.75) is 24.8 Å². The van der Waals surface area contributed by atoms with E-state index in [9.17, 15) is 13.2 Å². The summed E-state index contributed by atoms with van der Waals surface area (Å²) in [6.07, 6.45) is -0.746. The zero-order valence-corrected chi connectivity index (χ0v) is 17.4. The van der Waals surface area contributed by atoms with E-state index >= 15 is 0 Å². The van der Waals surface area contributed by atoms with Crippen molar-refractivity contribution in [2.24, 2.45) is 0 Å². The van der Waals surface area contributed by atoms with Crippen molar-refractivity contribution in [2.75, 3.05) is 19.4 Å². The van der Waals surface area contributed by atoms with Gasteiger partial charge in [0.25, 0.3) is 5.91 Å². The molecule has 2 aromatic carbocycles. The summed E-state index contributed by atoms with van der Waals surface area (Å²) >= 11 is 3.34. The highest BCUT2D eigenvalue weighted by Gasteiger charge is 2.20. The second-order valence-electron chi connectivity index (χ2n) is 5.97. The molecule has 2 rings (SSSR count). The number of amides is 1. The second kappa shape index (κ2) is 8.20. The van der Waals surface area contributed by atoms with Crippen molar-refractivity contribution < 1.29 is 17.9 Å². The largest absolute Gasteiger partial charge is 0.481 e. The molecule has 6 nitrogen and oxygen atoms in total. The molecule has 0 spiro atoms. The van der Waals surface area contributed by atoms with E-state index in [-0.39, 0.29) is 10.8 Å². The van der Waals surface area contributed by atoms with Crippen LogP contribution in [0.15, 0.2) is 51.8 Å². The fraction of sp³-hybridized carbons (Fsp3) is 0.278. The first-order chi connectivity index (χ1) is 12.1. The summed E-state index contributed by atoms with van der Waals surface area (Å²) in [4.78, 5) is 12.5. The molecule has 1 amide bonds. The zero-order chi connectivity index (χ0) is 19.5. The van der Waals surface area contributed by atoms with Gasteiger partial charge in [-0.2, -0.15) is 0 Å². The van der Waals surface area contributed by atoms with Crippen molar-refractivity contribution in [1.29, 1.82) is 0 Å². The van der Waals surface area contributed by atoms with E-state index in [1.807, 2.05) is 12.1 Å². The minimum atomic E-state index is -3.58. The van der Waals surface area contributed by atoms with Crippen molar-refractivity contribution >= 4 is 37.5 Å². The van der Waals surface area contributed by atoms with Gasteiger partial charge in [0.05, 0.1) is 4.90 Å². The highest BCUT2D eigenvalue weighted by molar-refractivity contribution is 9.10. The van der Waals surface area contributed by atoms with E-state index in [2.05, 4.69) is 21.2 Å². The third-order valence-corrected chi connectivity index (χ3v) is 6.08. The highest BCUT2D eigenvalue weighted by atomic mass is 79.9. The maximum absolute atomic E-state index is 12.4. The molecule has 26 heavy (non-hydrogen) atoms. The number of halogens is 1. The van der Waals surface area contributed by atoms with E-state index in [0.717, 1.165) is 14.3 Å². The van der Waals surface area contributed by atoms with Gasteiger partial charge in [0.1, 0.15) is 5.75 Å². The van der Waals surface area contributed by atoms with Crippen LogP contribution in [-0.4, -0.2) is 38.8 Å². The van der Waals surface area contributed by atoms with Crippen LogP contribution in [-0.2, 0) is 14.8 Å². The number of ether oxygens (including phenoxy) is 1. The van der Waals surface area contributed by atoms with Gasteiger partial charge in [0.2, 0.25) is 10.0 Å². The lowest BCUT2D eigenvalue weighted by Gasteiger charge is -2.17. The first kappa shape index (κ1) is 20.4. The molecule has 8 heteroatoms. The number of hydrogen-bond donors (Lipinski definition) is 1. The quantitative estimate of drug-likeness (QED) is 0.746. The minimum absolute atomic E-state index is 0.116. The van der Waals surface area contributed by atoms with Gasteiger partial charge < -0.3 is 10.1 Å². The Bertz CT molecular complexity index is 896. The standard InChI is InChI=1S/C18H21BrN2O4S/c1-12-5-10-16(26(23,24)21(3)4)11-17(12)20-18(22)13(2)25-15-8-6-14(19)7-9-15/h5-11,13H,1-4H3,(H,20,22). The van der Waals surface area contributed by atoms with E-state index in [1.165, 1.54) is 26.2 Å². The third-order valence-electron chi connectivity index (χ3n) is 3.74. The molecule has 0 bridgehead atoms. The summed E-state index contributed by atoms with van der Waals surface area (Å²) in [5.74, 6) is 0.201. The van der Waals surface area contributed by atoms with Crippen molar-refractivity contribution in [1.82, 2.24) is 4.31 Å². The average Bonchev–Trinajstić information content (AvgIpc) is 2.58. The Morgan fingerprint density at radius 1 is 1.15 bits per heavy atom. The number of nitrogens with zero attached hydrogens (tertiary/aromatic N) is 1. The van der Waals surface area contributed by atoms with Gasteiger partial charge in [-0.05, 0) is 55.8 Å². The number of hydrogen-bond acceptors (Lipinski definition) is 4. The fourth-order valence-corrected chi connectivity index (χ4v) is 3.30. The summed E-state index contributed by atoms with van der Waals surface area (Å²) in [7, 11) is -0.659. The molecule has 0 fully saturated rings. The van der Waals surface area contributed by atoms with Crippen LogP contribution in [0.25, 0.3) is 0 Å². The van der Waals surface area contributed by atoms with Gasteiger partial charge in [-0.15, -0.1) is 0 Å². The van der Waals surface area contributed by atoms with Crippen LogP contribution in [0.4, 0.5) is 5.69 Å². The molecule has 0 aliphatic heterocycles. The van der Waals surface area contributed by atoms with Gasteiger partial charge in [-0.25, -0.2) is 12.7 Å². The minimum Gasteiger partial charge on any atom is -0.481 e. The van der Waals surface area contributed by atoms with Crippen LogP contribution < -0.4 is 10.1 Å². The van der Waals surface area contributed by atoms with E-state index in [0.29, 0.717) is 11.4 Å². The molecule has 0 heterocycles. The summed E-state index contributed by atoms with van der Waals surface area (Å²) in [6.45, 7) is 3.43. The Balaban J connectivity index is 2.16. The molecule has 0 saturated carbocycles. The molecule has 1 unspecified atom stereocenters. The molecular formula is C18H21BrN2O4S. The van der Waals surface area contributed by atoms with E-state index < -0.39 is 16.1 Å². The predicted octanol–water partition coefficient (Wildman–Crippen LogP) is 3.41. The second-order valence-corrected chi connectivity index (χ2v) is 9.03. The van der Waals surface area contributed by atoms with Crippen molar-refractivity contribution in [3.05, 3.63) is 52.5 Å². The van der Waals surface area contributed by atoms with Crippen LogP contribution in [0.3, 0.4) is 0 Å². The van der Waals surface area contributed by atoms with Gasteiger partial charge in [-0.3, -0.25) is 4.79 Å². The Kier molecular flexibility index (Phi) is 6.44. The third kappa shape index (κ3) is 4.84. The van der Waals surface area contributed by atoms with Crippen molar-refractivity contribution in [3.8, 4) is 5.75 Å². The number of benzene rings is 2. The first-order valence-corrected chi connectivity index (χ1v) is 10.1. The Morgan fingerprint density at radius 3 is 2.35 bits per heavy atom. The molecule has 0 aromatic heterocycles. The van der Waals surface area contributed by atoms with E-state index in [1.54, 1.807) is 32.0 Å². The lowest BCUT2D eigenvalue weighted by atomic mass is 10.2. The molecule has 1 atom stereocenters. The van der Waals surface area contributed by atoms with Gasteiger partial charge >= 0.3 is 0 Å². The maximum Gasteiger partial charge on any atom is 0.265 e. The zero-order valence-electron chi connectivity index (χ0n) is 15.0. The van der Waals surface area contributed by atoms with Crippen LogP contribution >= 0.6 is 15.9 Å². The number of nitrogens with one attached hydrogen (secondary N) is 1. The van der Waals surface area contributed by atoms with Crippen LogP contribution in [0.5, 0.6) is 5.75 Å². The molecule has 0 aliphatic rings. The van der Waals surface area contributed by atoms with Gasteiger partial charge in [0.15, 0.2) is 6.10 Å². The molecule has 140 valence electrons. The Morgan fingerprint density at radius 2 is 1.77 bits per heavy atom. The van der Waals surface area contributed by atoms with E-state index in [4.69, 9.17) is 4.74 Å². The van der Waals surface area contributed by atoms with Crippen LogP contribution in [0, 0.1) is 6.92 Å². The lowest BCUT2D eigenvalue weighted by Crippen LogP contribution is -2.30. The summed E-state index contributed by atoms with van der Waals surface area (Å²) in [5, 5.41) is 2.74. The number of carbonyl (C=O) groups excluding carboxylic acids is 1. The number of anilines is 1. The number of rotatable bonds is 6. The molecule has 2 aromatic rings. The van der Waals surface area contributed by atoms with Gasteiger partial charge in [-0.1, -0.05) is 22.0 Å². The monoisotopic (exact) mass is 440 g/mol. The normalized spacial score (nSPS) is 12.7. The Labute approximate surface area is 162 Å².